The van der Waals surface area contributed by atoms with Gasteiger partial charge in [0.05, 0.1) is 30.8 Å². The average Bonchev–Trinajstić information content (AvgIpc) is 3.47. The number of ether oxygens (including phenoxy) is 2. The first-order valence-corrected chi connectivity index (χ1v) is 12.7. The number of para-hydroxylation sites is 1. The van der Waals surface area contributed by atoms with Gasteiger partial charge < -0.3 is 21.1 Å². The van der Waals surface area contributed by atoms with Crippen LogP contribution in [0, 0.1) is 5.92 Å². The van der Waals surface area contributed by atoms with Crippen molar-refractivity contribution in [1.82, 2.24) is 20.0 Å². The molecule has 214 valence electrons. The number of nitrogens with two attached hydrogens (primary N) is 1. The van der Waals surface area contributed by atoms with Crippen LogP contribution >= 0.6 is 0 Å². The van der Waals surface area contributed by atoms with Gasteiger partial charge in [-0.25, -0.2) is 0 Å². The van der Waals surface area contributed by atoms with E-state index in [-0.39, 0.29) is 23.3 Å². The highest BCUT2D eigenvalue weighted by Gasteiger charge is 2.34. The van der Waals surface area contributed by atoms with Crippen molar-refractivity contribution in [3.63, 3.8) is 0 Å². The standard InChI is InChI=1S/C20H21N7O3.C6H9F3O/c1-27-10-12(9-22-27)13-4-3-5-14(18(13)30-2)23-15-8-16(24-20(29)11-6-7-11)25-26-17(15)19(21)28;7-6(8,9)10-5-3-1-2-4-5/h3-5,8-11H,6-7H2,1-2H3,(H2,21,28)(H2,23,24,25,29);5H,1-4H2. The van der Waals surface area contributed by atoms with E-state index in [2.05, 4.69) is 30.7 Å². The molecular weight excluding hydrogens is 531 g/mol. The van der Waals surface area contributed by atoms with Crippen LogP contribution in [0.2, 0.25) is 0 Å². The molecule has 2 aliphatic carbocycles. The number of nitrogens with one attached hydrogen (secondary N) is 2. The van der Waals surface area contributed by atoms with Gasteiger partial charge in [0.1, 0.15) is 5.75 Å². The summed E-state index contributed by atoms with van der Waals surface area (Å²) >= 11 is 0. The number of nitrogens with zero attached hydrogens (tertiary/aromatic N) is 4. The van der Waals surface area contributed by atoms with Gasteiger partial charge in [-0.15, -0.1) is 23.4 Å². The first-order chi connectivity index (χ1) is 19.0. The third-order valence-electron chi connectivity index (χ3n) is 6.33. The second-order valence-corrected chi connectivity index (χ2v) is 9.50. The highest BCUT2D eigenvalue weighted by atomic mass is 19.4. The molecular formula is C26H30F3N7O4. The number of aryl methyl sites for hydroxylation is 1. The molecule has 0 aliphatic heterocycles. The Labute approximate surface area is 228 Å². The number of carbonyl (C=O) groups is 2. The predicted octanol–water partition coefficient (Wildman–Crippen LogP) is 4.54. The molecule has 0 unspecified atom stereocenters. The molecule has 2 fully saturated rings. The Balaban J connectivity index is 0.000000312. The molecule has 0 bridgehead atoms. The highest BCUT2D eigenvalue weighted by Crippen LogP contribution is 2.38. The van der Waals surface area contributed by atoms with E-state index in [1.165, 1.54) is 6.07 Å². The molecule has 0 radical (unpaired) electrons. The van der Waals surface area contributed by atoms with Crippen LogP contribution < -0.4 is 21.1 Å². The second kappa shape index (κ2) is 12.3. The van der Waals surface area contributed by atoms with Crippen molar-refractivity contribution >= 4 is 29.0 Å². The van der Waals surface area contributed by atoms with Crippen molar-refractivity contribution in [2.75, 3.05) is 17.7 Å². The molecule has 14 heteroatoms. The van der Waals surface area contributed by atoms with E-state index in [9.17, 15) is 22.8 Å². The van der Waals surface area contributed by atoms with E-state index >= 15 is 0 Å². The fourth-order valence-corrected chi connectivity index (χ4v) is 4.29. The van der Waals surface area contributed by atoms with Gasteiger partial charge in [-0.3, -0.25) is 19.0 Å². The number of aromatic nitrogens is 4. The summed E-state index contributed by atoms with van der Waals surface area (Å²) in [7, 11) is 3.39. The average molecular weight is 562 g/mol. The van der Waals surface area contributed by atoms with E-state index in [1.807, 2.05) is 25.4 Å². The summed E-state index contributed by atoms with van der Waals surface area (Å²) in [5.41, 5.74) is 8.01. The fourth-order valence-electron chi connectivity index (χ4n) is 4.29. The first kappa shape index (κ1) is 28.8. The van der Waals surface area contributed by atoms with Gasteiger partial charge in [-0.1, -0.05) is 25.0 Å². The topological polar surface area (TPSA) is 146 Å². The largest absolute Gasteiger partial charge is 0.522 e. The summed E-state index contributed by atoms with van der Waals surface area (Å²) in [4.78, 5) is 23.9. The molecule has 2 saturated carbocycles. The molecule has 2 heterocycles. The number of hydrogen-bond donors (Lipinski definition) is 3. The summed E-state index contributed by atoms with van der Waals surface area (Å²) in [6.07, 6.45) is 3.16. The molecule has 2 aliphatic rings. The van der Waals surface area contributed by atoms with Crippen molar-refractivity contribution in [2.24, 2.45) is 18.7 Å². The second-order valence-electron chi connectivity index (χ2n) is 9.50. The molecule has 2 aromatic heterocycles. The number of benzene rings is 1. The van der Waals surface area contributed by atoms with Gasteiger partial charge in [0.25, 0.3) is 5.91 Å². The molecule has 0 atom stereocenters. The SMILES string of the molecule is COc1c(Nc2cc(NC(=O)C3CC3)nnc2C(N)=O)cccc1-c1cnn(C)c1.FC(F)(F)OC1CCCC1. The Morgan fingerprint density at radius 1 is 1.10 bits per heavy atom. The van der Waals surface area contributed by atoms with E-state index < -0.39 is 18.4 Å². The molecule has 3 aromatic rings. The number of halogens is 3. The lowest BCUT2D eigenvalue weighted by Crippen LogP contribution is -2.21. The number of hydrogen-bond acceptors (Lipinski definition) is 8. The Bertz CT molecular complexity index is 1350. The van der Waals surface area contributed by atoms with Crippen LogP contribution in [0.5, 0.6) is 5.75 Å². The van der Waals surface area contributed by atoms with Gasteiger partial charge in [-0.05, 0) is 31.7 Å². The monoisotopic (exact) mass is 561 g/mol. The summed E-state index contributed by atoms with van der Waals surface area (Å²) in [6, 6.07) is 7.08. The van der Waals surface area contributed by atoms with Crippen LogP contribution in [0.1, 0.15) is 49.0 Å². The van der Waals surface area contributed by atoms with Crippen LogP contribution in [0.3, 0.4) is 0 Å². The molecule has 4 N–H and O–H groups in total. The van der Waals surface area contributed by atoms with Crippen LogP contribution in [0.15, 0.2) is 36.7 Å². The minimum atomic E-state index is -4.44. The highest BCUT2D eigenvalue weighted by molar-refractivity contribution is 5.99. The van der Waals surface area contributed by atoms with Gasteiger partial charge in [-0.2, -0.15) is 5.10 Å². The molecule has 40 heavy (non-hydrogen) atoms. The number of rotatable bonds is 8. The number of carbonyl (C=O) groups excluding carboxylic acids is 2. The predicted molar refractivity (Wildman–Crippen MR) is 140 cm³/mol. The van der Waals surface area contributed by atoms with E-state index in [0.717, 1.165) is 36.8 Å². The Kier molecular flexibility index (Phi) is 8.87. The Hall–Kier alpha value is -4.20. The van der Waals surface area contributed by atoms with E-state index in [4.69, 9.17) is 10.5 Å². The normalized spacial score (nSPS) is 15.2. The van der Waals surface area contributed by atoms with E-state index in [1.54, 1.807) is 24.1 Å². The number of amides is 2. The Morgan fingerprint density at radius 2 is 1.82 bits per heavy atom. The molecule has 1 aromatic carbocycles. The zero-order valence-electron chi connectivity index (χ0n) is 22.0. The molecule has 0 saturated heterocycles. The number of primary amides is 1. The maximum absolute atomic E-state index is 12.0. The quantitative estimate of drug-likeness (QED) is 0.363. The lowest BCUT2D eigenvalue weighted by molar-refractivity contribution is -0.341. The smallest absolute Gasteiger partial charge is 0.494 e. The van der Waals surface area contributed by atoms with Crippen LogP contribution in [-0.2, 0) is 16.6 Å². The van der Waals surface area contributed by atoms with Crippen molar-refractivity contribution in [2.45, 2.75) is 51.0 Å². The summed E-state index contributed by atoms with van der Waals surface area (Å²) in [6.45, 7) is 0. The van der Waals surface area contributed by atoms with Gasteiger partial charge in [0, 0.05) is 36.4 Å². The summed E-state index contributed by atoms with van der Waals surface area (Å²) in [5, 5.41) is 17.8. The van der Waals surface area contributed by atoms with Crippen molar-refractivity contribution < 1.29 is 32.2 Å². The van der Waals surface area contributed by atoms with Crippen LogP contribution in [0.4, 0.5) is 30.4 Å². The third-order valence-corrected chi connectivity index (χ3v) is 6.33. The lowest BCUT2D eigenvalue weighted by atomic mass is 10.1. The minimum absolute atomic E-state index is 0.00952. The molecule has 2 amide bonds. The maximum Gasteiger partial charge on any atom is 0.522 e. The Morgan fingerprint density at radius 3 is 2.40 bits per heavy atom. The zero-order valence-corrected chi connectivity index (χ0v) is 22.0. The number of anilines is 3. The fraction of sp³-hybridized carbons (Fsp3) is 0.423. The van der Waals surface area contributed by atoms with Crippen molar-refractivity contribution in [3.05, 3.63) is 42.4 Å². The minimum Gasteiger partial charge on any atom is -0.494 e. The van der Waals surface area contributed by atoms with Crippen molar-refractivity contribution in [1.29, 1.82) is 0 Å². The van der Waals surface area contributed by atoms with Crippen LogP contribution in [0.25, 0.3) is 11.1 Å². The van der Waals surface area contributed by atoms with Crippen LogP contribution in [-0.4, -0.2) is 51.4 Å². The summed E-state index contributed by atoms with van der Waals surface area (Å²) in [5.74, 6) is -0.0518. The van der Waals surface area contributed by atoms with Gasteiger partial charge in [0.15, 0.2) is 11.5 Å². The van der Waals surface area contributed by atoms with Gasteiger partial charge >= 0.3 is 6.36 Å². The zero-order chi connectivity index (χ0) is 28.9. The van der Waals surface area contributed by atoms with Crippen molar-refractivity contribution in [3.8, 4) is 16.9 Å². The molecule has 5 rings (SSSR count). The number of methoxy groups -OCH3 is 1. The molecule has 0 spiro atoms. The summed E-state index contributed by atoms with van der Waals surface area (Å²) < 4.78 is 45.6. The lowest BCUT2D eigenvalue weighted by Gasteiger charge is -2.16. The number of alkyl halides is 3. The first-order valence-electron chi connectivity index (χ1n) is 12.7. The maximum atomic E-state index is 12.0. The molecule has 11 nitrogen and oxygen atoms in total. The van der Waals surface area contributed by atoms with E-state index in [0.29, 0.717) is 30.0 Å². The van der Waals surface area contributed by atoms with Gasteiger partial charge in [0.2, 0.25) is 5.91 Å². The third kappa shape index (κ3) is 7.68.